The Morgan fingerprint density at radius 3 is 2.58 bits per heavy atom. The highest BCUT2D eigenvalue weighted by Crippen LogP contribution is 2.21. The summed E-state index contributed by atoms with van der Waals surface area (Å²) in [5.74, 6) is -0.201. The van der Waals surface area contributed by atoms with E-state index >= 15 is 0 Å². The number of amides is 3. The molecule has 0 saturated carbocycles. The molecule has 0 atom stereocenters. The Morgan fingerprint density at radius 1 is 1.23 bits per heavy atom. The smallest absolute Gasteiger partial charge is 0.321 e. The summed E-state index contributed by atoms with van der Waals surface area (Å²) in [5.41, 5.74) is 1.89. The van der Waals surface area contributed by atoms with Gasteiger partial charge in [0.1, 0.15) is 5.69 Å². The maximum Gasteiger partial charge on any atom is 0.321 e. The fourth-order valence-electron chi connectivity index (χ4n) is 2.64. The largest absolute Gasteiger partial charge is 0.345 e. The molecule has 0 bridgehead atoms. The fourth-order valence-corrected chi connectivity index (χ4v) is 3.50. The van der Waals surface area contributed by atoms with E-state index in [-0.39, 0.29) is 11.9 Å². The summed E-state index contributed by atoms with van der Waals surface area (Å²) in [6.07, 6.45) is 1.52. The monoisotopic (exact) mass is 374 g/mol. The Hall–Kier alpha value is -2.68. The van der Waals surface area contributed by atoms with Crippen LogP contribution in [0.5, 0.6) is 0 Å². The predicted octanol–water partition coefficient (Wildman–Crippen LogP) is 1.90. The molecule has 26 heavy (non-hydrogen) atoms. The first-order chi connectivity index (χ1) is 12.4. The number of nitrogens with zero attached hydrogens (tertiary/aromatic N) is 5. The third-order valence-corrected chi connectivity index (χ3v) is 5.10. The molecule has 0 radical (unpaired) electrons. The van der Waals surface area contributed by atoms with Crippen LogP contribution < -0.4 is 10.2 Å². The molecule has 8 nitrogen and oxygen atoms in total. The lowest BCUT2D eigenvalue weighted by Crippen LogP contribution is -2.50. The van der Waals surface area contributed by atoms with Crippen LogP contribution in [0.3, 0.4) is 0 Å². The zero-order valence-electron chi connectivity index (χ0n) is 15.1. The number of aromatic nitrogens is 2. The van der Waals surface area contributed by atoms with Crippen molar-refractivity contribution in [1.29, 1.82) is 0 Å². The first-order valence-electron chi connectivity index (χ1n) is 8.35. The van der Waals surface area contributed by atoms with Crippen LogP contribution in [-0.2, 0) is 0 Å². The average molecular weight is 374 g/mol. The van der Waals surface area contributed by atoms with E-state index in [4.69, 9.17) is 0 Å². The molecule has 1 aliphatic rings. The minimum absolute atomic E-state index is 0.172. The number of hydrogen-bond acceptors (Lipinski definition) is 6. The molecule has 9 heteroatoms. The van der Waals surface area contributed by atoms with Crippen LogP contribution in [0.1, 0.15) is 16.2 Å². The van der Waals surface area contributed by atoms with Gasteiger partial charge in [0.2, 0.25) is 0 Å². The molecular formula is C17H22N6O2S. The Morgan fingerprint density at radius 2 is 1.96 bits per heavy atom. The highest BCUT2D eigenvalue weighted by atomic mass is 32.1. The second kappa shape index (κ2) is 7.69. The number of aryl methyl sites for hydroxylation is 1. The van der Waals surface area contributed by atoms with Gasteiger partial charge in [-0.2, -0.15) is 0 Å². The molecule has 0 aromatic carbocycles. The molecule has 0 spiro atoms. The number of nitrogens with one attached hydrogen (secondary N) is 1. The number of urea groups is 1. The second-order valence-corrected chi connectivity index (χ2v) is 7.14. The van der Waals surface area contributed by atoms with Gasteiger partial charge in [-0.15, -0.1) is 11.3 Å². The summed E-state index contributed by atoms with van der Waals surface area (Å²) in [7, 11) is 3.33. The Bertz CT molecular complexity index is 798. The van der Waals surface area contributed by atoms with Crippen molar-refractivity contribution in [3.05, 3.63) is 35.1 Å². The average Bonchev–Trinajstić information content (AvgIpc) is 3.07. The molecule has 1 aliphatic heterocycles. The van der Waals surface area contributed by atoms with E-state index in [2.05, 4.69) is 20.2 Å². The van der Waals surface area contributed by atoms with Gasteiger partial charge in [0.25, 0.3) is 5.91 Å². The Labute approximate surface area is 156 Å². The van der Waals surface area contributed by atoms with Gasteiger partial charge in [0.15, 0.2) is 5.13 Å². The van der Waals surface area contributed by atoms with E-state index < -0.39 is 0 Å². The van der Waals surface area contributed by atoms with Crippen LogP contribution in [0.4, 0.5) is 15.6 Å². The number of piperazine rings is 1. The zero-order valence-corrected chi connectivity index (χ0v) is 15.9. The summed E-state index contributed by atoms with van der Waals surface area (Å²) in [4.78, 5) is 38.5. The van der Waals surface area contributed by atoms with Gasteiger partial charge in [-0.1, -0.05) is 0 Å². The number of carbonyl (C=O) groups excluding carboxylic acids is 2. The van der Waals surface area contributed by atoms with Gasteiger partial charge in [-0.05, 0) is 19.1 Å². The van der Waals surface area contributed by atoms with Crippen LogP contribution >= 0.6 is 11.3 Å². The van der Waals surface area contributed by atoms with Crippen LogP contribution in [0.25, 0.3) is 0 Å². The molecule has 1 fully saturated rings. The molecule has 138 valence electrons. The lowest BCUT2D eigenvalue weighted by Gasteiger charge is -2.34. The topological polar surface area (TPSA) is 81.7 Å². The number of anilines is 2. The lowest BCUT2D eigenvalue weighted by molar-refractivity contribution is 0.0822. The quantitative estimate of drug-likeness (QED) is 0.887. The molecule has 1 saturated heterocycles. The summed E-state index contributed by atoms with van der Waals surface area (Å²) in [6, 6.07) is 3.10. The maximum atomic E-state index is 12.5. The third-order valence-electron chi connectivity index (χ3n) is 4.08. The van der Waals surface area contributed by atoms with Crippen LogP contribution in [0.2, 0.25) is 0 Å². The van der Waals surface area contributed by atoms with E-state index in [1.54, 1.807) is 42.5 Å². The van der Waals surface area contributed by atoms with Crippen molar-refractivity contribution in [3.8, 4) is 0 Å². The van der Waals surface area contributed by atoms with Gasteiger partial charge in [0, 0.05) is 57.5 Å². The molecule has 1 N–H and O–H groups in total. The summed E-state index contributed by atoms with van der Waals surface area (Å²) in [6.45, 7) is 4.73. The first kappa shape index (κ1) is 18.1. The predicted molar refractivity (Wildman–Crippen MR) is 102 cm³/mol. The number of pyridine rings is 1. The maximum absolute atomic E-state index is 12.5. The van der Waals surface area contributed by atoms with Gasteiger partial charge in [-0.25, -0.2) is 9.78 Å². The lowest BCUT2D eigenvalue weighted by atomic mass is 10.3. The fraction of sp³-hybridized carbons (Fsp3) is 0.412. The van der Waals surface area contributed by atoms with Gasteiger partial charge >= 0.3 is 6.03 Å². The molecule has 3 rings (SSSR count). The standard InChI is InChI=1S/C17H22N6O2S/c1-12-11-26-17(19-12)23-8-6-22(7-9-23)16(25)20-13-4-5-18-14(10-13)15(24)21(2)3/h4-5,10-11H,6-9H2,1-3H3,(H,18,20,25). The summed E-state index contributed by atoms with van der Waals surface area (Å²) in [5, 5.41) is 5.88. The first-order valence-corrected chi connectivity index (χ1v) is 9.22. The van der Waals surface area contributed by atoms with Crippen molar-refractivity contribution in [1.82, 2.24) is 19.8 Å². The Balaban J connectivity index is 1.58. The number of hydrogen-bond donors (Lipinski definition) is 1. The van der Waals surface area contributed by atoms with Crippen LogP contribution in [0, 0.1) is 6.92 Å². The van der Waals surface area contributed by atoms with Crippen molar-refractivity contribution < 1.29 is 9.59 Å². The van der Waals surface area contributed by atoms with Crippen molar-refractivity contribution in [3.63, 3.8) is 0 Å². The van der Waals surface area contributed by atoms with Gasteiger partial charge in [0.05, 0.1) is 5.69 Å². The molecule has 3 amide bonds. The SMILES string of the molecule is Cc1csc(N2CCN(C(=O)Nc3ccnc(C(=O)N(C)C)c3)CC2)n1. The zero-order chi connectivity index (χ0) is 18.7. The highest BCUT2D eigenvalue weighted by Gasteiger charge is 2.23. The number of carbonyl (C=O) groups is 2. The molecule has 2 aromatic heterocycles. The minimum Gasteiger partial charge on any atom is -0.345 e. The van der Waals surface area contributed by atoms with Gasteiger partial charge in [-0.3, -0.25) is 9.78 Å². The van der Waals surface area contributed by atoms with E-state index in [9.17, 15) is 9.59 Å². The van der Waals surface area contributed by atoms with E-state index in [1.807, 2.05) is 12.3 Å². The number of thiazole rings is 1. The van der Waals surface area contributed by atoms with Crippen molar-refractivity contribution in [2.24, 2.45) is 0 Å². The summed E-state index contributed by atoms with van der Waals surface area (Å²) < 4.78 is 0. The molecule has 2 aromatic rings. The molecule has 0 unspecified atom stereocenters. The molecule has 0 aliphatic carbocycles. The third kappa shape index (κ3) is 4.10. The molecular weight excluding hydrogens is 352 g/mol. The molecule has 3 heterocycles. The van der Waals surface area contributed by atoms with Crippen LogP contribution in [0.15, 0.2) is 23.7 Å². The van der Waals surface area contributed by atoms with Crippen molar-refractivity contribution >= 4 is 34.1 Å². The van der Waals surface area contributed by atoms with Gasteiger partial charge < -0.3 is 20.0 Å². The van der Waals surface area contributed by atoms with E-state index in [0.717, 1.165) is 23.9 Å². The minimum atomic E-state index is -0.201. The second-order valence-electron chi connectivity index (χ2n) is 6.31. The highest BCUT2D eigenvalue weighted by molar-refractivity contribution is 7.13. The van der Waals surface area contributed by atoms with Crippen molar-refractivity contribution in [2.75, 3.05) is 50.5 Å². The number of rotatable bonds is 3. The normalized spacial score (nSPS) is 14.3. The summed E-state index contributed by atoms with van der Waals surface area (Å²) >= 11 is 1.63. The Kier molecular flexibility index (Phi) is 5.36. The van der Waals surface area contributed by atoms with Crippen LogP contribution in [-0.4, -0.2) is 72.0 Å². The van der Waals surface area contributed by atoms with Crippen molar-refractivity contribution in [2.45, 2.75) is 6.92 Å². The van der Waals surface area contributed by atoms with E-state index in [1.165, 1.54) is 11.1 Å². The van der Waals surface area contributed by atoms with E-state index in [0.29, 0.717) is 24.5 Å².